The monoisotopic (exact) mass is 416 g/mol. The van der Waals surface area contributed by atoms with Crippen molar-refractivity contribution in [3.63, 3.8) is 0 Å². The first-order chi connectivity index (χ1) is 14.8. The Bertz CT molecular complexity index is 1140. The maximum absolute atomic E-state index is 12.9. The summed E-state index contributed by atoms with van der Waals surface area (Å²) in [4.78, 5) is 25.7. The molecule has 4 aromatic rings. The maximum atomic E-state index is 12.9. The Labute approximate surface area is 177 Å². The predicted molar refractivity (Wildman–Crippen MR) is 116 cm³/mol. The van der Waals surface area contributed by atoms with Crippen LogP contribution in [0.25, 0.3) is 11.3 Å². The van der Waals surface area contributed by atoms with E-state index >= 15 is 0 Å². The van der Waals surface area contributed by atoms with Gasteiger partial charge in [0.05, 0.1) is 24.1 Å². The lowest BCUT2D eigenvalue weighted by atomic mass is 9.84. The Morgan fingerprint density at radius 1 is 1.13 bits per heavy atom. The van der Waals surface area contributed by atoms with E-state index in [2.05, 4.69) is 42.3 Å². The van der Waals surface area contributed by atoms with Crippen LogP contribution < -0.4 is 10.6 Å². The number of urea groups is 1. The first kappa shape index (κ1) is 18.5. The number of rotatable bonds is 4. The van der Waals surface area contributed by atoms with Crippen LogP contribution in [-0.4, -0.2) is 25.6 Å². The summed E-state index contributed by atoms with van der Waals surface area (Å²) in [6.45, 7) is 0. The van der Waals surface area contributed by atoms with Crippen molar-refractivity contribution in [2.75, 3.05) is 5.32 Å². The highest BCUT2D eigenvalue weighted by molar-refractivity contribution is 7.14. The van der Waals surface area contributed by atoms with E-state index in [0.717, 1.165) is 29.7 Å². The molecule has 0 fully saturated rings. The maximum Gasteiger partial charge on any atom is 0.321 e. The van der Waals surface area contributed by atoms with Crippen LogP contribution in [0.2, 0.25) is 0 Å². The van der Waals surface area contributed by atoms with Gasteiger partial charge in [-0.05, 0) is 36.1 Å². The van der Waals surface area contributed by atoms with Crippen LogP contribution in [0.15, 0.2) is 72.9 Å². The Morgan fingerprint density at radius 2 is 2.07 bits per heavy atom. The third-order valence-corrected chi connectivity index (χ3v) is 6.12. The number of anilines is 1. The zero-order valence-electron chi connectivity index (χ0n) is 16.1. The largest absolute Gasteiger partial charge is 0.332 e. The van der Waals surface area contributed by atoms with Crippen molar-refractivity contribution in [1.82, 2.24) is 24.8 Å². The number of hydrogen-bond donors (Lipinski definition) is 2. The normalized spacial score (nSPS) is 17.9. The van der Waals surface area contributed by atoms with Crippen molar-refractivity contribution < 1.29 is 4.79 Å². The molecule has 150 valence electrons. The molecule has 1 aromatic carbocycles. The summed E-state index contributed by atoms with van der Waals surface area (Å²) in [6.07, 6.45) is 10.9. The lowest BCUT2D eigenvalue weighted by molar-refractivity contribution is 0.239. The van der Waals surface area contributed by atoms with Gasteiger partial charge in [0.15, 0.2) is 5.13 Å². The molecule has 1 aliphatic rings. The van der Waals surface area contributed by atoms with Crippen LogP contribution in [0.4, 0.5) is 9.93 Å². The van der Waals surface area contributed by atoms with E-state index in [-0.39, 0.29) is 18.1 Å². The Morgan fingerprint density at radius 3 is 2.90 bits per heavy atom. The van der Waals surface area contributed by atoms with E-state index in [1.165, 1.54) is 16.9 Å². The lowest BCUT2D eigenvalue weighted by Crippen LogP contribution is -2.39. The molecule has 0 bridgehead atoms. The number of nitrogens with zero attached hydrogens (tertiary/aromatic N) is 4. The molecule has 3 aromatic heterocycles. The van der Waals surface area contributed by atoms with Gasteiger partial charge in [-0.1, -0.05) is 24.3 Å². The first-order valence-corrected chi connectivity index (χ1v) is 10.6. The van der Waals surface area contributed by atoms with Crippen molar-refractivity contribution in [1.29, 1.82) is 0 Å². The van der Waals surface area contributed by atoms with E-state index in [1.54, 1.807) is 18.6 Å². The van der Waals surface area contributed by atoms with Crippen LogP contribution >= 0.6 is 11.3 Å². The summed E-state index contributed by atoms with van der Waals surface area (Å²) in [5.74, 6) is 0. The van der Waals surface area contributed by atoms with Crippen molar-refractivity contribution in [3.05, 3.63) is 84.0 Å². The highest BCUT2D eigenvalue weighted by Crippen LogP contribution is 2.37. The first-order valence-electron chi connectivity index (χ1n) is 9.76. The van der Waals surface area contributed by atoms with Gasteiger partial charge in [-0.15, -0.1) is 11.3 Å². The van der Waals surface area contributed by atoms with Crippen LogP contribution in [0.3, 0.4) is 0 Å². The number of fused-ring (bicyclic) bond motifs is 1. The number of pyridine rings is 1. The second-order valence-corrected chi connectivity index (χ2v) is 8.03. The minimum absolute atomic E-state index is 0.107. The van der Waals surface area contributed by atoms with Gasteiger partial charge in [-0.2, -0.15) is 0 Å². The third-order valence-electron chi connectivity index (χ3n) is 5.36. The minimum Gasteiger partial charge on any atom is -0.332 e. The topological polar surface area (TPSA) is 84.7 Å². The molecule has 3 heterocycles. The van der Waals surface area contributed by atoms with Crippen molar-refractivity contribution in [2.24, 2.45) is 0 Å². The highest BCUT2D eigenvalue weighted by Gasteiger charge is 2.31. The van der Waals surface area contributed by atoms with E-state index in [4.69, 9.17) is 0 Å². The molecule has 0 unspecified atom stereocenters. The van der Waals surface area contributed by atoms with Gasteiger partial charge >= 0.3 is 6.03 Å². The van der Waals surface area contributed by atoms with Crippen LogP contribution in [-0.2, 0) is 6.42 Å². The molecule has 0 aliphatic heterocycles. The lowest BCUT2D eigenvalue weighted by Gasteiger charge is -2.34. The van der Waals surface area contributed by atoms with Crippen LogP contribution in [0.1, 0.15) is 29.6 Å². The molecular formula is C22H20N6OS. The molecule has 30 heavy (non-hydrogen) atoms. The molecule has 1 aliphatic carbocycles. The van der Waals surface area contributed by atoms with Crippen molar-refractivity contribution >= 4 is 22.5 Å². The Kier molecular flexibility index (Phi) is 4.98. The van der Waals surface area contributed by atoms with Gasteiger partial charge in [0.1, 0.15) is 0 Å². The SMILES string of the molecule is O=C(Nc1nc(-c2cccnc2)cs1)N[C@@H]1c2ccccc2CC[C@@H]1n1ccnc1. The molecule has 5 rings (SSSR count). The zero-order valence-corrected chi connectivity index (χ0v) is 16.9. The second-order valence-electron chi connectivity index (χ2n) is 7.17. The summed E-state index contributed by atoms with van der Waals surface area (Å²) >= 11 is 1.39. The molecule has 0 saturated carbocycles. The van der Waals surface area contributed by atoms with Crippen molar-refractivity contribution in [2.45, 2.75) is 24.9 Å². The molecule has 0 radical (unpaired) electrons. The molecule has 8 heteroatoms. The molecule has 2 amide bonds. The van der Waals surface area contributed by atoms with Gasteiger partial charge in [0, 0.05) is 35.7 Å². The fraction of sp³-hybridized carbons (Fsp3) is 0.182. The van der Waals surface area contributed by atoms with E-state index in [1.807, 2.05) is 42.2 Å². The molecule has 2 atom stereocenters. The van der Waals surface area contributed by atoms with Gasteiger partial charge in [0.2, 0.25) is 0 Å². The number of aryl methyl sites for hydroxylation is 1. The average Bonchev–Trinajstić information content (AvgIpc) is 3.47. The van der Waals surface area contributed by atoms with Crippen LogP contribution in [0.5, 0.6) is 0 Å². The second kappa shape index (κ2) is 8.08. The van der Waals surface area contributed by atoms with E-state index in [0.29, 0.717) is 5.13 Å². The summed E-state index contributed by atoms with van der Waals surface area (Å²) in [6, 6.07) is 11.8. The average molecular weight is 417 g/mol. The van der Waals surface area contributed by atoms with Gasteiger partial charge in [-0.25, -0.2) is 14.8 Å². The fourth-order valence-corrected chi connectivity index (χ4v) is 4.67. The van der Waals surface area contributed by atoms with Gasteiger partial charge < -0.3 is 9.88 Å². The highest BCUT2D eigenvalue weighted by atomic mass is 32.1. The summed E-state index contributed by atoms with van der Waals surface area (Å²) in [5, 5.41) is 8.52. The zero-order chi connectivity index (χ0) is 20.3. The number of imidazole rings is 1. The number of carbonyl (C=O) groups is 1. The molecule has 0 saturated heterocycles. The third kappa shape index (κ3) is 3.69. The van der Waals surface area contributed by atoms with E-state index in [9.17, 15) is 4.79 Å². The minimum atomic E-state index is -0.270. The number of thiazole rings is 1. The summed E-state index contributed by atoms with van der Waals surface area (Å²) in [5.41, 5.74) is 4.13. The number of carbonyl (C=O) groups excluding carboxylic acids is 1. The number of amides is 2. The fourth-order valence-electron chi connectivity index (χ4n) is 3.96. The smallest absolute Gasteiger partial charge is 0.321 e. The van der Waals surface area contributed by atoms with Crippen molar-refractivity contribution in [3.8, 4) is 11.3 Å². The molecular weight excluding hydrogens is 396 g/mol. The van der Waals surface area contributed by atoms with Gasteiger partial charge in [-0.3, -0.25) is 10.3 Å². The molecule has 0 spiro atoms. The summed E-state index contributed by atoms with van der Waals surface area (Å²) in [7, 11) is 0. The number of aromatic nitrogens is 4. The Balaban J connectivity index is 1.35. The standard InChI is InChI=1S/C22H20N6OS/c29-21(27-22-25-18(13-30-22)16-5-3-9-23-12-16)26-20-17-6-2-1-4-15(17)7-8-19(20)28-11-10-24-14-28/h1-6,9-14,19-20H,7-8H2,(H2,25,26,27,29)/t19-,20+/m0/s1. The summed E-state index contributed by atoms with van der Waals surface area (Å²) < 4.78 is 2.07. The van der Waals surface area contributed by atoms with Gasteiger partial charge in [0.25, 0.3) is 0 Å². The Hall–Kier alpha value is -3.52. The molecule has 7 nitrogen and oxygen atoms in total. The molecule has 2 N–H and O–H groups in total. The number of nitrogens with one attached hydrogen (secondary N) is 2. The number of hydrogen-bond acceptors (Lipinski definition) is 5. The quantitative estimate of drug-likeness (QED) is 0.515. The number of benzene rings is 1. The van der Waals surface area contributed by atoms with E-state index < -0.39 is 0 Å². The predicted octanol–water partition coefficient (Wildman–Crippen LogP) is 4.45. The van der Waals surface area contributed by atoms with Crippen LogP contribution in [0, 0.1) is 0 Å².